The van der Waals surface area contributed by atoms with Crippen molar-refractivity contribution in [1.29, 1.82) is 0 Å². The number of nitrogens with zero attached hydrogens (tertiary/aromatic N) is 2. The number of carbonyl (C=O) groups is 9. The molecule has 8 atom stereocenters. The average Bonchev–Trinajstić information content (AvgIpc) is 3.17. The molecule has 2 aliphatic rings. The molecule has 18 N–H and O–H groups in total. The minimum atomic E-state index is -2.05. The number of fused-ring (bicyclic) bond motifs is 1. The first-order chi connectivity index (χ1) is 27.7. The highest BCUT2D eigenvalue weighted by Crippen LogP contribution is 2.45. The van der Waals surface area contributed by atoms with Crippen LogP contribution in [-0.2, 0) is 47.9 Å². The molecule has 2 heterocycles. The van der Waals surface area contributed by atoms with Crippen LogP contribution in [0.1, 0.15) is 45.4 Å². The van der Waals surface area contributed by atoms with E-state index in [0.29, 0.717) is 0 Å². The summed E-state index contributed by atoms with van der Waals surface area (Å²) in [6.45, 7) is -1.20. The number of nitrogens with two attached hydrogens (primary N) is 4. The van der Waals surface area contributed by atoms with E-state index in [4.69, 9.17) is 32.8 Å². The number of aliphatic carboxylic acids is 2. The molecule has 0 aromatic carbocycles. The Morgan fingerprint density at radius 3 is 2.14 bits per heavy atom. The summed E-state index contributed by atoms with van der Waals surface area (Å²) in [4.78, 5) is 116. The maximum atomic E-state index is 13.4. The lowest BCUT2D eigenvalue weighted by Gasteiger charge is -2.56. The van der Waals surface area contributed by atoms with E-state index in [9.17, 15) is 63.6 Å². The lowest BCUT2D eigenvalue weighted by atomic mass is 9.94. The number of carbonyl (C=O) groups excluding carboxylic acids is 7. The van der Waals surface area contributed by atoms with Gasteiger partial charge in [0.15, 0.2) is 5.96 Å². The number of aliphatic imine (C=N–C) groups is 1. The highest BCUT2D eigenvalue weighted by atomic mass is 32.2. The number of β-lactam (4-membered cyclic amide) rings is 1. The maximum absolute atomic E-state index is 13.4. The normalized spacial score (nSPS) is 20.1. The first-order valence-corrected chi connectivity index (χ1v) is 19.0. The summed E-state index contributed by atoms with van der Waals surface area (Å²) < 4.78 is 5.24. The number of guanidine groups is 1. The van der Waals surface area contributed by atoms with Crippen molar-refractivity contribution in [2.75, 3.05) is 32.1 Å². The zero-order valence-electron chi connectivity index (χ0n) is 31.8. The van der Waals surface area contributed by atoms with Crippen LogP contribution in [0.2, 0.25) is 0 Å². The molecule has 26 nitrogen and oxygen atoms in total. The van der Waals surface area contributed by atoms with Gasteiger partial charge in [-0.15, -0.1) is 11.8 Å². The lowest BCUT2D eigenvalue weighted by Crippen LogP contribution is -2.85. The van der Waals surface area contributed by atoms with Crippen LogP contribution in [0.5, 0.6) is 0 Å². The molecule has 0 aromatic rings. The van der Waals surface area contributed by atoms with E-state index in [0.717, 1.165) is 16.7 Å². The molecule has 0 aliphatic carbocycles. The van der Waals surface area contributed by atoms with Gasteiger partial charge in [0.25, 0.3) is 5.91 Å². The average molecular weight is 862 g/mol. The highest BCUT2D eigenvalue weighted by molar-refractivity contribution is 8.00. The topological polar surface area (TPSA) is 444 Å². The second-order valence-electron chi connectivity index (χ2n) is 13.3. The van der Waals surface area contributed by atoms with Crippen molar-refractivity contribution in [1.82, 2.24) is 31.5 Å². The van der Waals surface area contributed by atoms with Crippen molar-refractivity contribution >= 4 is 71.6 Å². The number of nitrogens with one attached hydrogen (secondary N) is 5. The first kappa shape index (κ1) is 49.5. The molecule has 0 spiro atoms. The summed E-state index contributed by atoms with van der Waals surface area (Å²) in [5.41, 5.74) is 18.9. The number of rotatable bonds is 26. The van der Waals surface area contributed by atoms with E-state index in [-0.39, 0.29) is 62.3 Å². The van der Waals surface area contributed by atoms with Crippen molar-refractivity contribution in [2.45, 2.75) is 92.8 Å². The molecule has 6 amide bonds. The van der Waals surface area contributed by atoms with Gasteiger partial charge < -0.3 is 79.8 Å². The maximum Gasteiger partial charge on any atom is 0.352 e. The number of thioether (sulfide) groups is 1. The SMILES string of the molecule is CC(N)C(=O)NC(CO)C(=O)NC(CO)C(=O)NC(CCCN=C(N)N)C(O)CC(=O)OCC1=C(C(=O)O)N2C(=O)C(NC=O)(NC(=O)CCCC(N)C(=O)O)C2SC1. The number of ether oxygens (including phenoxy) is 1. The van der Waals surface area contributed by atoms with Crippen molar-refractivity contribution in [2.24, 2.45) is 27.9 Å². The van der Waals surface area contributed by atoms with Crippen LogP contribution in [-0.4, -0.2) is 170 Å². The van der Waals surface area contributed by atoms with Crippen LogP contribution in [0.4, 0.5) is 0 Å². The third-order valence-electron chi connectivity index (χ3n) is 8.80. The van der Waals surface area contributed by atoms with Gasteiger partial charge in [-0.3, -0.25) is 48.2 Å². The smallest absolute Gasteiger partial charge is 0.352 e. The minimum Gasteiger partial charge on any atom is -0.480 e. The Balaban J connectivity index is 2.17. The Bertz CT molecular complexity index is 1660. The molecule has 1 saturated heterocycles. The molecular weight excluding hydrogens is 810 g/mol. The van der Waals surface area contributed by atoms with E-state index in [1.54, 1.807) is 0 Å². The number of esters is 1. The van der Waals surface area contributed by atoms with Gasteiger partial charge in [-0.25, -0.2) is 4.79 Å². The molecule has 0 radical (unpaired) electrons. The molecule has 59 heavy (non-hydrogen) atoms. The molecule has 8 unspecified atom stereocenters. The molecule has 330 valence electrons. The summed E-state index contributed by atoms with van der Waals surface area (Å²) in [6, 6.07) is -6.74. The zero-order valence-corrected chi connectivity index (χ0v) is 32.6. The molecule has 0 bridgehead atoms. The lowest BCUT2D eigenvalue weighted by molar-refractivity contribution is -0.162. The van der Waals surface area contributed by atoms with E-state index in [1.807, 2.05) is 0 Å². The molecule has 27 heteroatoms. The van der Waals surface area contributed by atoms with Gasteiger partial charge in [-0.1, -0.05) is 0 Å². The van der Waals surface area contributed by atoms with Crippen molar-refractivity contribution in [3.8, 4) is 0 Å². The van der Waals surface area contributed by atoms with Crippen LogP contribution in [0.3, 0.4) is 0 Å². The predicted octanol–water partition coefficient (Wildman–Crippen LogP) is -7.49. The summed E-state index contributed by atoms with van der Waals surface area (Å²) in [7, 11) is 0. The monoisotopic (exact) mass is 861 g/mol. The largest absolute Gasteiger partial charge is 0.480 e. The minimum absolute atomic E-state index is 0.0202. The number of amides is 6. The van der Waals surface area contributed by atoms with Crippen LogP contribution in [0, 0.1) is 0 Å². The third kappa shape index (κ3) is 13.7. The van der Waals surface area contributed by atoms with E-state index >= 15 is 0 Å². The quantitative estimate of drug-likeness (QED) is 0.00730. The fourth-order valence-corrected chi connectivity index (χ4v) is 7.07. The van der Waals surface area contributed by atoms with Crippen molar-refractivity contribution in [3.05, 3.63) is 11.3 Å². The number of hydrogen-bond donors (Lipinski definition) is 14. The Morgan fingerprint density at radius 2 is 1.59 bits per heavy atom. The van der Waals surface area contributed by atoms with Gasteiger partial charge in [0.1, 0.15) is 35.8 Å². The van der Waals surface area contributed by atoms with E-state index in [2.05, 4.69) is 31.6 Å². The standard InChI is InChI=1S/C32H51N11O15S/c1-14(33)24(50)40-18(9-44)26(52)41-19(10-45)25(51)39-17(5-3-7-37-31(35)36)20(47)8-22(49)58-11-15-12-59-30-32(38-13-46,29(57)43(30)23(15)28(55)56)42-21(48)6-2-4-16(34)27(53)54/h13-14,16-20,30,44-45,47H,2-12,33-34H2,1H3,(H,38,46)(H,39,51)(H,40,50)(H,41,52)(H,42,48)(H,53,54)(H,55,56)(H4,35,36,37). The second kappa shape index (κ2) is 23.1. The van der Waals surface area contributed by atoms with Gasteiger partial charge in [-0.2, -0.15) is 0 Å². The van der Waals surface area contributed by atoms with E-state index in [1.165, 1.54) is 6.92 Å². The van der Waals surface area contributed by atoms with Crippen LogP contribution in [0.15, 0.2) is 16.3 Å². The van der Waals surface area contributed by atoms with Gasteiger partial charge in [0, 0.05) is 24.3 Å². The Hall–Kier alpha value is -5.61. The Morgan fingerprint density at radius 1 is 0.983 bits per heavy atom. The van der Waals surface area contributed by atoms with Crippen LogP contribution in [0.25, 0.3) is 0 Å². The van der Waals surface area contributed by atoms with Crippen molar-refractivity contribution < 1.29 is 73.4 Å². The molecule has 0 aromatic heterocycles. The number of carboxylic acids is 2. The molecular formula is C32H51N11O15S. The van der Waals surface area contributed by atoms with E-state index < -0.39 is 127 Å². The second-order valence-corrected chi connectivity index (χ2v) is 14.4. The van der Waals surface area contributed by atoms with Gasteiger partial charge in [-0.05, 0) is 32.6 Å². The number of carboxylic acid groups (broad SMARTS) is 2. The number of aliphatic hydroxyl groups is 3. The zero-order chi connectivity index (χ0) is 44.6. The highest BCUT2D eigenvalue weighted by Gasteiger charge is 2.66. The summed E-state index contributed by atoms with van der Waals surface area (Å²) in [5, 5.41) is 59.6. The fourth-order valence-electron chi connectivity index (χ4n) is 5.66. The number of aliphatic hydroxyl groups excluding tert-OH is 3. The molecule has 2 rings (SSSR count). The molecule has 2 aliphatic heterocycles. The van der Waals surface area contributed by atoms with Crippen LogP contribution < -0.4 is 49.5 Å². The van der Waals surface area contributed by atoms with Crippen molar-refractivity contribution in [3.63, 3.8) is 0 Å². The fraction of sp³-hybridized carbons (Fsp3) is 0.625. The third-order valence-corrected chi connectivity index (χ3v) is 10.2. The summed E-state index contributed by atoms with van der Waals surface area (Å²) in [5.74, 6) is -9.09. The number of hydrogen-bond acceptors (Lipinski definition) is 17. The molecule has 1 fully saturated rings. The summed E-state index contributed by atoms with van der Waals surface area (Å²) >= 11 is 0.917. The predicted molar refractivity (Wildman–Crippen MR) is 202 cm³/mol. The Labute approximate surface area is 340 Å². The van der Waals surface area contributed by atoms with Crippen LogP contribution >= 0.6 is 11.8 Å². The first-order valence-electron chi connectivity index (χ1n) is 17.9. The Kier molecular flexibility index (Phi) is 19.4. The summed E-state index contributed by atoms with van der Waals surface area (Å²) in [6.07, 6.45) is -2.60. The van der Waals surface area contributed by atoms with Gasteiger partial charge in [0.2, 0.25) is 35.7 Å². The molecule has 0 saturated carbocycles. The van der Waals surface area contributed by atoms with Gasteiger partial charge in [0.05, 0.1) is 37.8 Å². The van der Waals surface area contributed by atoms with Gasteiger partial charge >= 0.3 is 17.9 Å².